The predicted octanol–water partition coefficient (Wildman–Crippen LogP) is 0.707. The smallest absolute Gasteiger partial charge is 0.322 e. The van der Waals surface area contributed by atoms with E-state index in [2.05, 4.69) is 4.72 Å². The summed E-state index contributed by atoms with van der Waals surface area (Å²) >= 11 is 0. The van der Waals surface area contributed by atoms with Crippen LogP contribution in [-0.2, 0) is 14.8 Å². The van der Waals surface area contributed by atoms with Gasteiger partial charge in [0.15, 0.2) is 5.25 Å². The highest BCUT2D eigenvalue weighted by atomic mass is 32.2. The van der Waals surface area contributed by atoms with E-state index in [9.17, 15) is 13.2 Å². The molecule has 0 amide bonds. The van der Waals surface area contributed by atoms with Crippen LogP contribution in [0.25, 0.3) is 0 Å². The molecule has 6 nitrogen and oxygen atoms in total. The molecule has 0 saturated heterocycles. The fourth-order valence-electron chi connectivity index (χ4n) is 1.22. The van der Waals surface area contributed by atoms with Gasteiger partial charge in [0.25, 0.3) is 0 Å². The first-order valence-corrected chi connectivity index (χ1v) is 6.74. The van der Waals surface area contributed by atoms with Gasteiger partial charge in [-0.25, -0.2) is 8.42 Å². The standard InChI is InChI=1S/C10H18N2O4S/c1-5-7(6-11)17(15,16)12-8(9(13)14)10(2,3)4/h7-8,12H,5H2,1-4H3,(H,13,14). The number of carboxylic acid groups (broad SMARTS) is 1. The van der Waals surface area contributed by atoms with Crippen LogP contribution in [0.1, 0.15) is 34.1 Å². The first-order chi connectivity index (χ1) is 7.56. The number of carbonyl (C=O) groups is 1. The minimum absolute atomic E-state index is 0.113. The van der Waals surface area contributed by atoms with Crippen molar-refractivity contribution in [3.8, 4) is 6.07 Å². The van der Waals surface area contributed by atoms with Crippen molar-refractivity contribution in [1.29, 1.82) is 5.26 Å². The zero-order valence-electron chi connectivity index (χ0n) is 10.4. The van der Waals surface area contributed by atoms with Crippen molar-refractivity contribution in [2.45, 2.75) is 45.4 Å². The van der Waals surface area contributed by atoms with Crippen molar-refractivity contribution in [3.63, 3.8) is 0 Å². The molecule has 0 aliphatic rings. The molecule has 2 unspecified atom stereocenters. The minimum Gasteiger partial charge on any atom is -0.480 e. The largest absolute Gasteiger partial charge is 0.480 e. The van der Waals surface area contributed by atoms with Crippen LogP contribution in [0.3, 0.4) is 0 Å². The molecular formula is C10H18N2O4S. The number of nitrogens with one attached hydrogen (secondary N) is 1. The van der Waals surface area contributed by atoms with Crippen molar-refractivity contribution < 1.29 is 18.3 Å². The maximum absolute atomic E-state index is 11.8. The maximum atomic E-state index is 11.8. The highest BCUT2D eigenvalue weighted by Gasteiger charge is 2.37. The van der Waals surface area contributed by atoms with Crippen molar-refractivity contribution >= 4 is 16.0 Å². The molecule has 0 aromatic rings. The number of nitrogens with zero attached hydrogens (tertiary/aromatic N) is 1. The average Bonchev–Trinajstić information content (AvgIpc) is 2.13. The molecule has 7 heteroatoms. The highest BCUT2D eigenvalue weighted by molar-refractivity contribution is 7.90. The number of hydrogen-bond acceptors (Lipinski definition) is 4. The Labute approximate surface area is 102 Å². The molecule has 0 radical (unpaired) electrons. The number of hydrogen-bond donors (Lipinski definition) is 2. The second kappa shape index (κ2) is 5.47. The molecule has 2 atom stereocenters. The Kier molecular flexibility index (Phi) is 5.11. The van der Waals surface area contributed by atoms with E-state index in [1.165, 1.54) is 0 Å². The molecule has 0 bridgehead atoms. The zero-order chi connectivity index (χ0) is 13.9. The molecule has 0 saturated carbocycles. The van der Waals surface area contributed by atoms with E-state index in [1.807, 2.05) is 0 Å². The first-order valence-electron chi connectivity index (χ1n) is 5.19. The van der Waals surface area contributed by atoms with Gasteiger partial charge in [-0.15, -0.1) is 0 Å². The Morgan fingerprint density at radius 1 is 1.47 bits per heavy atom. The van der Waals surface area contributed by atoms with Gasteiger partial charge in [0, 0.05) is 0 Å². The first kappa shape index (κ1) is 15.9. The highest BCUT2D eigenvalue weighted by Crippen LogP contribution is 2.21. The third kappa shape index (κ3) is 4.32. The summed E-state index contributed by atoms with van der Waals surface area (Å²) < 4.78 is 25.6. The Balaban J connectivity index is 5.17. The summed E-state index contributed by atoms with van der Waals surface area (Å²) in [5.74, 6) is -1.26. The van der Waals surface area contributed by atoms with Crippen LogP contribution in [-0.4, -0.2) is 30.8 Å². The monoisotopic (exact) mass is 262 g/mol. The molecule has 98 valence electrons. The molecule has 0 rings (SSSR count). The van der Waals surface area contributed by atoms with Crippen molar-refractivity contribution in [1.82, 2.24) is 4.72 Å². The lowest BCUT2D eigenvalue weighted by Crippen LogP contribution is -2.51. The summed E-state index contributed by atoms with van der Waals surface area (Å²) in [6, 6.07) is 0.390. The van der Waals surface area contributed by atoms with Crippen molar-refractivity contribution in [2.75, 3.05) is 0 Å². The molecule has 17 heavy (non-hydrogen) atoms. The summed E-state index contributed by atoms with van der Waals surface area (Å²) in [5.41, 5.74) is -0.771. The van der Waals surface area contributed by atoms with Gasteiger partial charge in [-0.2, -0.15) is 9.98 Å². The quantitative estimate of drug-likeness (QED) is 0.758. The van der Waals surface area contributed by atoms with Gasteiger partial charge in [-0.3, -0.25) is 4.79 Å². The molecule has 0 aliphatic heterocycles. The van der Waals surface area contributed by atoms with Gasteiger partial charge in [-0.05, 0) is 11.8 Å². The van der Waals surface area contributed by atoms with Crippen LogP contribution in [0, 0.1) is 16.7 Å². The van der Waals surface area contributed by atoms with Gasteiger partial charge in [0.2, 0.25) is 10.0 Å². The lowest BCUT2D eigenvalue weighted by molar-refractivity contribution is -0.141. The number of aliphatic carboxylic acids is 1. The fourth-order valence-corrected chi connectivity index (χ4v) is 2.75. The molecule has 0 fully saturated rings. The Bertz CT molecular complexity index is 417. The summed E-state index contributed by atoms with van der Waals surface area (Å²) in [4.78, 5) is 11.0. The van der Waals surface area contributed by atoms with Crippen molar-refractivity contribution in [3.05, 3.63) is 0 Å². The SMILES string of the molecule is CCC(C#N)S(=O)(=O)NC(C(=O)O)C(C)(C)C. The number of sulfonamides is 1. The number of nitriles is 1. The Morgan fingerprint density at radius 3 is 2.18 bits per heavy atom. The van der Waals surface area contributed by atoms with Crippen LogP contribution in [0.5, 0.6) is 0 Å². The van der Waals surface area contributed by atoms with E-state index in [4.69, 9.17) is 10.4 Å². The van der Waals surface area contributed by atoms with E-state index in [0.29, 0.717) is 0 Å². The Morgan fingerprint density at radius 2 is 1.94 bits per heavy atom. The lowest BCUT2D eigenvalue weighted by Gasteiger charge is -2.28. The van der Waals surface area contributed by atoms with Crippen LogP contribution in [0.15, 0.2) is 0 Å². The van der Waals surface area contributed by atoms with Gasteiger partial charge in [-0.1, -0.05) is 27.7 Å². The van der Waals surface area contributed by atoms with Gasteiger partial charge < -0.3 is 5.11 Å². The van der Waals surface area contributed by atoms with E-state index in [-0.39, 0.29) is 6.42 Å². The van der Waals surface area contributed by atoms with Gasteiger partial charge in [0.05, 0.1) is 6.07 Å². The molecule has 2 N–H and O–H groups in total. The Hall–Kier alpha value is -1.13. The summed E-state index contributed by atoms with van der Waals surface area (Å²) in [6.45, 7) is 6.39. The van der Waals surface area contributed by atoms with Crippen LogP contribution in [0.2, 0.25) is 0 Å². The van der Waals surface area contributed by atoms with Crippen molar-refractivity contribution in [2.24, 2.45) is 5.41 Å². The molecule has 0 aliphatic carbocycles. The van der Waals surface area contributed by atoms with Gasteiger partial charge in [0.1, 0.15) is 6.04 Å². The van der Waals surface area contributed by atoms with E-state index < -0.39 is 32.7 Å². The summed E-state index contributed by atoms with van der Waals surface area (Å²) in [5, 5.41) is 16.5. The third-order valence-electron chi connectivity index (χ3n) is 2.28. The predicted molar refractivity (Wildman–Crippen MR) is 62.6 cm³/mol. The average molecular weight is 262 g/mol. The third-order valence-corrected chi connectivity index (χ3v) is 4.04. The normalized spacial score (nSPS) is 15.9. The number of rotatable bonds is 5. The van der Waals surface area contributed by atoms with E-state index >= 15 is 0 Å². The topological polar surface area (TPSA) is 107 Å². The van der Waals surface area contributed by atoms with Crippen LogP contribution >= 0.6 is 0 Å². The summed E-state index contributed by atoms with van der Waals surface area (Å²) in [6.07, 6.45) is 0.113. The van der Waals surface area contributed by atoms with Gasteiger partial charge >= 0.3 is 5.97 Å². The second-order valence-corrected chi connectivity index (χ2v) is 6.72. The molecule has 0 heterocycles. The molecular weight excluding hydrogens is 244 g/mol. The van der Waals surface area contributed by atoms with E-state index in [1.54, 1.807) is 33.8 Å². The molecule has 0 aromatic heterocycles. The van der Waals surface area contributed by atoms with Crippen LogP contribution < -0.4 is 4.72 Å². The lowest BCUT2D eigenvalue weighted by atomic mass is 9.88. The van der Waals surface area contributed by atoms with Crippen LogP contribution in [0.4, 0.5) is 0 Å². The zero-order valence-corrected chi connectivity index (χ0v) is 11.2. The maximum Gasteiger partial charge on any atom is 0.322 e. The minimum atomic E-state index is -3.94. The fraction of sp³-hybridized carbons (Fsp3) is 0.800. The second-order valence-electron chi connectivity index (χ2n) is 4.83. The molecule has 0 aromatic carbocycles. The number of carboxylic acids is 1. The van der Waals surface area contributed by atoms with E-state index in [0.717, 1.165) is 0 Å². The molecule has 0 spiro atoms. The summed E-state index contributed by atoms with van der Waals surface area (Å²) in [7, 11) is -3.94.